The van der Waals surface area contributed by atoms with Crippen molar-refractivity contribution in [3.8, 4) is 0 Å². The van der Waals surface area contributed by atoms with Crippen LogP contribution in [0.4, 0.5) is 0 Å². The van der Waals surface area contributed by atoms with E-state index in [9.17, 15) is 0 Å². The van der Waals surface area contributed by atoms with Crippen LogP contribution in [0.15, 0.2) is 72.4 Å². The maximum Gasteiger partial charge on any atom is 0.125 e. The van der Waals surface area contributed by atoms with E-state index in [1.807, 2.05) is 0 Å². The lowest BCUT2D eigenvalue weighted by atomic mass is 10.2. The number of unbranched alkanes of at least 4 members (excludes halogenated alkanes) is 3. The molecular weight excluding hydrogens is 256 g/mol. The first-order valence-corrected chi connectivity index (χ1v) is 9.50. The van der Waals surface area contributed by atoms with Crippen LogP contribution in [0.5, 0.6) is 0 Å². The Kier molecular flexibility index (Phi) is 6.32. The fraction of sp³-hybridized carbons (Fsp3) is 0.263. The van der Waals surface area contributed by atoms with Crippen LogP contribution in [0.25, 0.3) is 0 Å². The molecule has 0 saturated heterocycles. The molecule has 0 amide bonds. The maximum absolute atomic E-state index is 2.50. The minimum Gasteiger partial charge on any atom is -0.0929 e. The summed E-state index contributed by atoms with van der Waals surface area (Å²) in [5.41, 5.74) is 2.50. The van der Waals surface area contributed by atoms with E-state index in [0.717, 1.165) is 0 Å². The Bertz CT molecular complexity index is 462. The molecule has 0 aliphatic carbocycles. The van der Waals surface area contributed by atoms with Gasteiger partial charge in [0.1, 0.15) is 8.80 Å². The third kappa shape index (κ3) is 4.50. The van der Waals surface area contributed by atoms with Crippen molar-refractivity contribution in [3.05, 3.63) is 72.4 Å². The highest BCUT2D eigenvalue weighted by molar-refractivity contribution is 6.89. The molecule has 0 bridgehead atoms. The summed E-state index contributed by atoms with van der Waals surface area (Å²) in [6.07, 6.45) is 7.58. The summed E-state index contributed by atoms with van der Waals surface area (Å²) in [6.45, 7) is 2.26. The van der Waals surface area contributed by atoms with Crippen LogP contribution >= 0.6 is 0 Å². The van der Waals surface area contributed by atoms with Crippen LogP contribution < -0.4 is 10.4 Å². The summed E-state index contributed by atoms with van der Waals surface area (Å²) in [6, 6.07) is 21.9. The van der Waals surface area contributed by atoms with Crippen molar-refractivity contribution >= 4 is 19.2 Å². The molecule has 0 atom stereocenters. The van der Waals surface area contributed by atoms with Crippen LogP contribution in [0.2, 0.25) is 0 Å². The molecule has 2 aromatic rings. The van der Waals surface area contributed by atoms with Gasteiger partial charge in [-0.1, -0.05) is 103 Å². The summed E-state index contributed by atoms with van der Waals surface area (Å²) in [7, 11) is -1.18. The van der Waals surface area contributed by atoms with Gasteiger partial charge in [0.15, 0.2) is 0 Å². The molecule has 0 aliphatic heterocycles. The first kappa shape index (κ1) is 14.8. The Morgan fingerprint density at radius 3 is 1.85 bits per heavy atom. The topological polar surface area (TPSA) is 0 Å². The standard InChI is InChI=1S/C19H24Si/c1-2-3-4-5-12-17-20(18-13-8-6-9-14-18)19-15-10-7-11-16-19/h6-17,20H,2-5H2,1H3/b17-12+. The van der Waals surface area contributed by atoms with Crippen molar-refractivity contribution in [2.75, 3.05) is 0 Å². The maximum atomic E-state index is 2.50. The number of rotatable bonds is 7. The molecular formula is C19H24Si. The molecule has 0 unspecified atom stereocenters. The zero-order valence-electron chi connectivity index (χ0n) is 12.3. The van der Waals surface area contributed by atoms with E-state index in [0.29, 0.717) is 0 Å². The summed E-state index contributed by atoms with van der Waals surface area (Å²) in [5.74, 6) is 0. The van der Waals surface area contributed by atoms with Gasteiger partial charge in [-0.15, -0.1) is 0 Å². The second-order valence-corrected chi connectivity index (χ2v) is 7.90. The van der Waals surface area contributed by atoms with Gasteiger partial charge in [-0.3, -0.25) is 0 Å². The lowest BCUT2D eigenvalue weighted by Crippen LogP contribution is -2.40. The molecule has 0 radical (unpaired) electrons. The first-order chi connectivity index (χ1) is 9.92. The zero-order valence-corrected chi connectivity index (χ0v) is 13.5. The predicted octanol–water partition coefficient (Wildman–Crippen LogP) is 3.70. The quantitative estimate of drug-likeness (QED) is 0.536. The van der Waals surface area contributed by atoms with E-state index in [1.165, 1.54) is 36.1 Å². The first-order valence-electron chi connectivity index (χ1n) is 7.68. The second kappa shape index (κ2) is 8.54. The van der Waals surface area contributed by atoms with Crippen molar-refractivity contribution in [1.29, 1.82) is 0 Å². The number of hydrogen-bond acceptors (Lipinski definition) is 0. The van der Waals surface area contributed by atoms with Gasteiger partial charge in [0.05, 0.1) is 0 Å². The second-order valence-electron chi connectivity index (χ2n) is 5.22. The largest absolute Gasteiger partial charge is 0.125 e. The molecule has 2 aromatic carbocycles. The minimum atomic E-state index is -1.18. The summed E-state index contributed by atoms with van der Waals surface area (Å²) in [5, 5.41) is 3.01. The molecule has 0 nitrogen and oxygen atoms in total. The van der Waals surface area contributed by atoms with Crippen LogP contribution in [0.1, 0.15) is 32.6 Å². The molecule has 0 aromatic heterocycles. The van der Waals surface area contributed by atoms with Crippen LogP contribution in [-0.2, 0) is 0 Å². The highest BCUT2D eigenvalue weighted by Crippen LogP contribution is 2.01. The molecule has 0 heterocycles. The van der Waals surface area contributed by atoms with Crippen molar-refractivity contribution in [2.45, 2.75) is 32.6 Å². The summed E-state index contributed by atoms with van der Waals surface area (Å²) >= 11 is 0. The van der Waals surface area contributed by atoms with E-state index in [2.05, 4.69) is 79.4 Å². The molecule has 0 spiro atoms. The van der Waals surface area contributed by atoms with Gasteiger partial charge in [0.25, 0.3) is 0 Å². The molecule has 2 rings (SSSR count). The number of allylic oxidation sites excluding steroid dienone is 1. The Balaban J connectivity index is 2.13. The molecule has 1 heteroatoms. The molecule has 0 fully saturated rings. The Hall–Kier alpha value is -1.60. The van der Waals surface area contributed by atoms with Gasteiger partial charge in [0, 0.05) is 0 Å². The van der Waals surface area contributed by atoms with E-state index in [1.54, 1.807) is 0 Å². The van der Waals surface area contributed by atoms with Crippen molar-refractivity contribution in [2.24, 2.45) is 0 Å². The SMILES string of the molecule is CCCCC/C=C/[SiH](c1ccccc1)c1ccccc1. The van der Waals surface area contributed by atoms with E-state index >= 15 is 0 Å². The fourth-order valence-corrected chi connectivity index (χ4v) is 5.05. The number of benzene rings is 2. The minimum absolute atomic E-state index is 1.18. The summed E-state index contributed by atoms with van der Waals surface area (Å²) < 4.78 is 0. The van der Waals surface area contributed by atoms with Crippen LogP contribution in [0.3, 0.4) is 0 Å². The van der Waals surface area contributed by atoms with E-state index in [-0.39, 0.29) is 0 Å². The fourth-order valence-electron chi connectivity index (χ4n) is 2.48. The lowest BCUT2D eigenvalue weighted by Gasteiger charge is -2.12. The highest BCUT2D eigenvalue weighted by Gasteiger charge is 2.11. The van der Waals surface area contributed by atoms with Crippen molar-refractivity contribution in [1.82, 2.24) is 0 Å². The molecule has 0 aliphatic rings. The van der Waals surface area contributed by atoms with Gasteiger partial charge in [-0.2, -0.15) is 0 Å². The number of hydrogen-bond donors (Lipinski definition) is 0. The smallest absolute Gasteiger partial charge is 0.0929 e. The van der Waals surface area contributed by atoms with E-state index < -0.39 is 8.80 Å². The molecule has 20 heavy (non-hydrogen) atoms. The Morgan fingerprint density at radius 2 is 1.35 bits per heavy atom. The predicted molar refractivity (Wildman–Crippen MR) is 92.6 cm³/mol. The molecule has 0 saturated carbocycles. The van der Waals surface area contributed by atoms with Crippen molar-refractivity contribution in [3.63, 3.8) is 0 Å². The Labute approximate surface area is 124 Å². The van der Waals surface area contributed by atoms with Gasteiger partial charge in [-0.25, -0.2) is 0 Å². The van der Waals surface area contributed by atoms with Gasteiger partial charge < -0.3 is 0 Å². The average molecular weight is 280 g/mol. The zero-order chi connectivity index (χ0) is 14.0. The van der Waals surface area contributed by atoms with E-state index in [4.69, 9.17) is 0 Å². The third-order valence-electron chi connectivity index (χ3n) is 3.62. The molecule has 104 valence electrons. The summed E-state index contributed by atoms with van der Waals surface area (Å²) in [4.78, 5) is 0. The normalized spacial score (nSPS) is 11.3. The highest BCUT2D eigenvalue weighted by atomic mass is 28.3. The molecule has 0 N–H and O–H groups in total. The lowest BCUT2D eigenvalue weighted by molar-refractivity contribution is 0.729. The van der Waals surface area contributed by atoms with Crippen LogP contribution in [0, 0.1) is 0 Å². The Morgan fingerprint density at radius 1 is 0.800 bits per heavy atom. The van der Waals surface area contributed by atoms with Gasteiger partial charge in [-0.05, 0) is 12.8 Å². The van der Waals surface area contributed by atoms with Crippen molar-refractivity contribution < 1.29 is 0 Å². The van der Waals surface area contributed by atoms with Gasteiger partial charge in [0.2, 0.25) is 0 Å². The van der Waals surface area contributed by atoms with Gasteiger partial charge >= 0.3 is 0 Å². The monoisotopic (exact) mass is 280 g/mol. The third-order valence-corrected chi connectivity index (χ3v) is 6.48. The average Bonchev–Trinajstić information content (AvgIpc) is 2.53. The van der Waals surface area contributed by atoms with Crippen LogP contribution in [-0.4, -0.2) is 8.80 Å².